The van der Waals surface area contributed by atoms with Crippen LogP contribution in [0.5, 0.6) is 0 Å². The molecule has 0 saturated carbocycles. The van der Waals surface area contributed by atoms with Gasteiger partial charge in [-0.15, -0.1) is 11.3 Å². The van der Waals surface area contributed by atoms with E-state index in [2.05, 4.69) is 20.9 Å². The summed E-state index contributed by atoms with van der Waals surface area (Å²) in [4.78, 5) is 23.1. The molecule has 0 N–H and O–H groups in total. The number of rotatable bonds is 5. The molecule has 35 heavy (non-hydrogen) atoms. The van der Waals surface area contributed by atoms with Crippen LogP contribution in [0.25, 0.3) is 16.9 Å². The predicted octanol–water partition coefficient (Wildman–Crippen LogP) is 5.29. The summed E-state index contributed by atoms with van der Waals surface area (Å²) in [5, 5.41) is 6.69. The molecule has 9 heteroatoms. The Labute approximate surface area is 214 Å². The highest BCUT2D eigenvalue weighted by molar-refractivity contribution is 9.10. The van der Waals surface area contributed by atoms with Crippen molar-refractivity contribution < 1.29 is 0 Å². The number of pyridine rings is 1. The highest BCUT2D eigenvalue weighted by Crippen LogP contribution is 2.28. The summed E-state index contributed by atoms with van der Waals surface area (Å²) in [6.07, 6.45) is 3.41. The summed E-state index contributed by atoms with van der Waals surface area (Å²) in [6, 6.07) is 23.1. The summed E-state index contributed by atoms with van der Waals surface area (Å²) >= 11 is 5.06. The summed E-state index contributed by atoms with van der Waals surface area (Å²) in [7, 11) is 1.86. The van der Waals surface area contributed by atoms with Crippen LogP contribution in [0, 0.1) is 6.92 Å². The largest absolute Gasteiger partial charge is 0.297 e. The van der Waals surface area contributed by atoms with E-state index in [1.165, 1.54) is 11.3 Å². The van der Waals surface area contributed by atoms with Gasteiger partial charge in [0.05, 0.1) is 29.0 Å². The Kier molecular flexibility index (Phi) is 6.43. The van der Waals surface area contributed by atoms with Crippen LogP contribution < -0.4 is 10.4 Å². The second-order valence-electron chi connectivity index (χ2n) is 7.72. The first kappa shape index (κ1) is 22.9. The number of hydrogen-bond donors (Lipinski definition) is 0. The van der Waals surface area contributed by atoms with Gasteiger partial charge in [0, 0.05) is 28.7 Å². The minimum Gasteiger partial charge on any atom is -0.283 e. The predicted molar refractivity (Wildman–Crippen MR) is 144 cm³/mol. The highest BCUT2D eigenvalue weighted by Gasteiger charge is 2.17. The summed E-state index contributed by atoms with van der Waals surface area (Å²) < 4.78 is 6.13. The van der Waals surface area contributed by atoms with E-state index in [1.54, 1.807) is 21.8 Å². The first-order valence-electron chi connectivity index (χ1n) is 10.8. The van der Waals surface area contributed by atoms with Crippen LogP contribution in [0.4, 0.5) is 5.69 Å². The molecule has 0 unspecified atom stereocenters. The molecule has 0 radical (unpaired) electrons. The van der Waals surface area contributed by atoms with Crippen molar-refractivity contribution in [2.75, 3.05) is 0 Å². The van der Waals surface area contributed by atoms with Gasteiger partial charge in [-0.05, 0) is 37.3 Å². The van der Waals surface area contributed by atoms with E-state index < -0.39 is 0 Å². The SMILES string of the molecule is Cc1c(N=c2scc(-c3ccccc3Br)n2N=Cc2ccccn2)c(=O)n(-c2ccccc2)n1C. The van der Waals surface area contributed by atoms with Gasteiger partial charge in [-0.3, -0.25) is 14.5 Å². The summed E-state index contributed by atoms with van der Waals surface area (Å²) in [5.74, 6) is 0. The third-order valence-electron chi connectivity index (χ3n) is 5.56. The maximum Gasteiger partial charge on any atom is 0.297 e. The lowest BCUT2D eigenvalue weighted by atomic mass is 10.2. The van der Waals surface area contributed by atoms with E-state index in [0.717, 1.165) is 32.8 Å². The van der Waals surface area contributed by atoms with Crippen LogP contribution in [-0.2, 0) is 7.05 Å². The fraction of sp³-hybridized carbons (Fsp3) is 0.0769. The second-order valence-corrected chi connectivity index (χ2v) is 9.41. The molecule has 0 atom stereocenters. The average molecular weight is 545 g/mol. The highest BCUT2D eigenvalue weighted by atomic mass is 79.9. The second kappa shape index (κ2) is 9.81. The normalized spacial score (nSPS) is 12.0. The van der Waals surface area contributed by atoms with Gasteiger partial charge in [-0.1, -0.05) is 58.4 Å². The molecule has 0 aliphatic heterocycles. The average Bonchev–Trinajstić information content (AvgIpc) is 3.37. The summed E-state index contributed by atoms with van der Waals surface area (Å²) in [5.41, 5.74) is 4.27. The Morgan fingerprint density at radius 2 is 1.74 bits per heavy atom. The maximum absolute atomic E-state index is 13.4. The van der Waals surface area contributed by atoms with Crippen molar-refractivity contribution in [3.63, 3.8) is 0 Å². The van der Waals surface area contributed by atoms with Gasteiger partial charge in [-0.25, -0.2) is 14.4 Å². The number of thiazole rings is 1. The monoisotopic (exact) mass is 544 g/mol. The Hall–Kier alpha value is -3.82. The Morgan fingerprint density at radius 1 is 1.00 bits per heavy atom. The van der Waals surface area contributed by atoms with Crippen LogP contribution in [-0.4, -0.2) is 25.2 Å². The third kappa shape index (κ3) is 4.48. The molecule has 0 bridgehead atoms. The molecular formula is C26H21BrN6OS. The quantitative estimate of drug-likeness (QED) is 0.282. The van der Waals surface area contributed by atoms with E-state index in [0.29, 0.717) is 10.5 Å². The Balaban J connectivity index is 1.71. The molecular weight excluding hydrogens is 524 g/mol. The third-order valence-corrected chi connectivity index (χ3v) is 7.07. The van der Waals surface area contributed by atoms with E-state index in [-0.39, 0.29) is 5.56 Å². The lowest BCUT2D eigenvalue weighted by molar-refractivity contribution is 0.630. The van der Waals surface area contributed by atoms with Crippen molar-refractivity contribution in [2.24, 2.45) is 17.1 Å². The van der Waals surface area contributed by atoms with E-state index >= 15 is 0 Å². The number of halogens is 1. The Morgan fingerprint density at radius 3 is 2.49 bits per heavy atom. The lowest BCUT2D eigenvalue weighted by Crippen LogP contribution is -2.19. The van der Waals surface area contributed by atoms with Gasteiger partial charge >= 0.3 is 0 Å². The van der Waals surface area contributed by atoms with Crippen LogP contribution >= 0.6 is 27.3 Å². The number of hydrogen-bond acceptors (Lipinski definition) is 5. The van der Waals surface area contributed by atoms with Crippen molar-refractivity contribution in [1.29, 1.82) is 0 Å². The molecule has 7 nitrogen and oxygen atoms in total. The smallest absolute Gasteiger partial charge is 0.283 e. The van der Waals surface area contributed by atoms with Crippen molar-refractivity contribution in [3.8, 4) is 16.9 Å². The number of nitrogens with zero attached hydrogens (tertiary/aromatic N) is 6. The fourth-order valence-corrected chi connectivity index (χ4v) is 5.01. The molecule has 174 valence electrons. The van der Waals surface area contributed by atoms with Gasteiger partial charge < -0.3 is 0 Å². The molecule has 0 saturated heterocycles. The zero-order chi connectivity index (χ0) is 24.4. The molecule has 2 aromatic carbocycles. The van der Waals surface area contributed by atoms with Crippen molar-refractivity contribution in [2.45, 2.75) is 6.92 Å². The van der Waals surface area contributed by atoms with Crippen LogP contribution in [0.2, 0.25) is 0 Å². The maximum atomic E-state index is 13.4. The zero-order valence-electron chi connectivity index (χ0n) is 19.0. The van der Waals surface area contributed by atoms with Crippen LogP contribution in [0.15, 0.2) is 104 Å². The lowest BCUT2D eigenvalue weighted by Gasteiger charge is -2.07. The topological polar surface area (TPSA) is 69.5 Å². The number of benzene rings is 2. The standard InChI is InChI=1S/C26H21BrN6OS/c1-18-24(25(34)33(31(18)2)20-11-4-3-5-12-20)30-26-32(29-16-19-10-8-9-15-28-19)23(17-35-26)21-13-6-7-14-22(21)27/h3-17H,1-2H3. The van der Waals surface area contributed by atoms with Crippen molar-refractivity contribution in [3.05, 3.63) is 115 Å². The van der Waals surface area contributed by atoms with Gasteiger partial charge in [0.2, 0.25) is 4.80 Å². The van der Waals surface area contributed by atoms with Crippen LogP contribution in [0.1, 0.15) is 11.4 Å². The van der Waals surface area contributed by atoms with Crippen LogP contribution in [0.3, 0.4) is 0 Å². The van der Waals surface area contributed by atoms with Gasteiger partial charge in [-0.2, -0.15) is 5.10 Å². The molecule has 0 aliphatic carbocycles. The van der Waals surface area contributed by atoms with Crippen molar-refractivity contribution >= 4 is 39.2 Å². The minimum absolute atomic E-state index is 0.188. The molecule has 5 rings (SSSR count). The Bertz CT molecular complexity index is 1640. The molecule has 0 aliphatic rings. The number of aromatic nitrogens is 4. The van der Waals surface area contributed by atoms with E-state index in [1.807, 2.05) is 96.8 Å². The molecule has 0 fully saturated rings. The molecule has 3 aromatic heterocycles. The molecule has 3 heterocycles. The fourth-order valence-electron chi connectivity index (χ4n) is 3.69. The molecule has 0 spiro atoms. The molecule has 5 aromatic rings. The van der Waals surface area contributed by atoms with Gasteiger partial charge in [0.25, 0.3) is 5.56 Å². The van der Waals surface area contributed by atoms with E-state index in [4.69, 9.17) is 10.1 Å². The minimum atomic E-state index is -0.188. The van der Waals surface area contributed by atoms with Crippen molar-refractivity contribution in [1.82, 2.24) is 19.0 Å². The van der Waals surface area contributed by atoms with E-state index in [9.17, 15) is 4.79 Å². The first-order valence-corrected chi connectivity index (χ1v) is 12.5. The van der Waals surface area contributed by atoms with Gasteiger partial charge in [0.15, 0.2) is 5.69 Å². The first-order chi connectivity index (χ1) is 17.0. The number of para-hydroxylation sites is 1. The summed E-state index contributed by atoms with van der Waals surface area (Å²) in [6.45, 7) is 1.89. The zero-order valence-corrected chi connectivity index (χ0v) is 21.4. The van der Waals surface area contributed by atoms with Gasteiger partial charge in [0.1, 0.15) is 0 Å². The molecule has 0 amide bonds.